The molecule has 1 aromatic heterocycles. The number of sulfonamides is 1. The van der Waals surface area contributed by atoms with E-state index in [2.05, 4.69) is 27.1 Å². The number of rotatable bonds is 7. The molecule has 2 aromatic rings. The van der Waals surface area contributed by atoms with Gasteiger partial charge in [-0.3, -0.25) is 9.69 Å². The van der Waals surface area contributed by atoms with Gasteiger partial charge in [-0.05, 0) is 49.1 Å². The number of carbonyl (C=O) groups is 1. The summed E-state index contributed by atoms with van der Waals surface area (Å²) in [4.78, 5) is 14.8. The first kappa shape index (κ1) is 20.5. The molecular formula is C21H27N3O3S2. The van der Waals surface area contributed by atoms with Crippen molar-refractivity contribution in [3.63, 3.8) is 0 Å². The lowest BCUT2D eigenvalue weighted by atomic mass is 9.72. The van der Waals surface area contributed by atoms with Gasteiger partial charge in [-0.1, -0.05) is 36.4 Å². The minimum atomic E-state index is -3.44. The van der Waals surface area contributed by atoms with Crippen LogP contribution in [-0.2, 0) is 20.4 Å². The standard InChI is InChI=1S/C21H27N3O3S2/c25-19(22-21(11-5-12-21)17-6-2-1-3-7-17)16-24-13-9-18(10-14-24)23-29(26,27)20-8-4-15-28-20/h1-4,6-8,15,18,23H,5,9-14,16H2,(H,22,25). The fourth-order valence-corrected chi connectivity index (χ4v) is 6.50. The average Bonchev–Trinajstić information content (AvgIpc) is 3.23. The Morgan fingerprint density at radius 2 is 1.83 bits per heavy atom. The predicted octanol–water partition coefficient (Wildman–Crippen LogP) is 2.69. The van der Waals surface area contributed by atoms with Crippen LogP contribution >= 0.6 is 11.3 Å². The first-order valence-corrected chi connectivity index (χ1v) is 12.5. The Morgan fingerprint density at radius 1 is 1.10 bits per heavy atom. The summed E-state index contributed by atoms with van der Waals surface area (Å²) in [5.74, 6) is 0.0474. The van der Waals surface area contributed by atoms with Gasteiger partial charge in [-0.25, -0.2) is 13.1 Å². The number of amides is 1. The Balaban J connectivity index is 1.27. The molecule has 1 amide bonds. The van der Waals surface area contributed by atoms with Crippen molar-refractivity contribution in [3.05, 3.63) is 53.4 Å². The van der Waals surface area contributed by atoms with Crippen LogP contribution in [0, 0.1) is 0 Å². The first-order chi connectivity index (χ1) is 14.0. The van der Waals surface area contributed by atoms with E-state index < -0.39 is 10.0 Å². The normalized spacial score (nSPS) is 20.1. The van der Waals surface area contributed by atoms with Crippen LogP contribution in [0.5, 0.6) is 0 Å². The number of piperidine rings is 1. The summed E-state index contributed by atoms with van der Waals surface area (Å²) in [5.41, 5.74) is 0.966. The molecular weight excluding hydrogens is 406 g/mol. The van der Waals surface area contributed by atoms with Gasteiger partial charge in [0, 0.05) is 19.1 Å². The number of nitrogens with one attached hydrogen (secondary N) is 2. The lowest BCUT2D eigenvalue weighted by Crippen LogP contribution is -2.54. The van der Waals surface area contributed by atoms with Gasteiger partial charge in [0.25, 0.3) is 0 Å². The van der Waals surface area contributed by atoms with Crippen LogP contribution < -0.4 is 10.0 Å². The molecule has 0 atom stereocenters. The summed E-state index contributed by atoms with van der Waals surface area (Å²) in [6.45, 7) is 1.78. The molecule has 2 N–H and O–H groups in total. The summed E-state index contributed by atoms with van der Waals surface area (Å²) in [7, 11) is -3.44. The lowest BCUT2D eigenvalue weighted by Gasteiger charge is -2.43. The number of nitrogens with zero attached hydrogens (tertiary/aromatic N) is 1. The number of benzene rings is 1. The topological polar surface area (TPSA) is 78.5 Å². The average molecular weight is 434 g/mol. The van der Waals surface area contributed by atoms with Crippen molar-refractivity contribution in [2.75, 3.05) is 19.6 Å². The van der Waals surface area contributed by atoms with Crippen LogP contribution in [0.3, 0.4) is 0 Å². The van der Waals surface area contributed by atoms with Crippen molar-refractivity contribution in [1.29, 1.82) is 0 Å². The monoisotopic (exact) mass is 433 g/mol. The van der Waals surface area contributed by atoms with E-state index in [0.717, 1.165) is 19.3 Å². The van der Waals surface area contributed by atoms with Crippen LogP contribution in [-0.4, -0.2) is 44.9 Å². The largest absolute Gasteiger partial charge is 0.345 e. The fourth-order valence-electron chi connectivity index (χ4n) is 4.19. The van der Waals surface area contributed by atoms with E-state index in [1.165, 1.54) is 16.9 Å². The zero-order chi connectivity index (χ0) is 20.3. The molecule has 1 saturated carbocycles. The Bertz CT molecular complexity index is 917. The number of likely N-dealkylation sites (tertiary alicyclic amines) is 1. The first-order valence-electron chi connectivity index (χ1n) is 10.1. The highest BCUT2D eigenvalue weighted by molar-refractivity contribution is 7.91. The summed E-state index contributed by atoms with van der Waals surface area (Å²) in [6, 6.07) is 13.5. The molecule has 0 spiro atoms. The molecule has 4 rings (SSSR count). The maximum atomic E-state index is 12.7. The second-order valence-electron chi connectivity index (χ2n) is 7.95. The van der Waals surface area contributed by atoms with Gasteiger partial charge in [-0.2, -0.15) is 0 Å². The van der Waals surface area contributed by atoms with Crippen LogP contribution in [0.1, 0.15) is 37.7 Å². The summed E-state index contributed by atoms with van der Waals surface area (Å²) >= 11 is 1.22. The Morgan fingerprint density at radius 3 is 2.41 bits per heavy atom. The van der Waals surface area contributed by atoms with Crippen molar-refractivity contribution < 1.29 is 13.2 Å². The molecule has 0 bridgehead atoms. The van der Waals surface area contributed by atoms with Crippen LogP contribution in [0.4, 0.5) is 0 Å². The van der Waals surface area contributed by atoms with Gasteiger partial charge >= 0.3 is 0 Å². The number of hydrogen-bond acceptors (Lipinski definition) is 5. The molecule has 1 aromatic carbocycles. The molecule has 1 saturated heterocycles. The highest BCUT2D eigenvalue weighted by Gasteiger charge is 2.40. The molecule has 1 aliphatic heterocycles. The van der Waals surface area contributed by atoms with E-state index in [-0.39, 0.29) is 17.5 Å². The zero-order valence-corrected chi connectivity index (χ0v) is 18.0. The summed E-state index contributed by atoms with van der Waals surface area (Å²) in [5, 5.41) is 5.03. The second-order valence-corrected chi connectivity index (χ2v) is 10.8. The summed E-state index contributed by atoms with van der Waals surface area (Å²) < 4.78 is 27.9. The Labute approximate surface area is 176 Å². The zero-order valence-electron chi connectivity index (χ0n) is 16.3. The van der Waals surface area contributed by atoms with Crippen LogP contribution in [0.25, 0.3) is 0 Å². The molecule has 29 heavy (non-hydrogen) atoms. The van der Waals surface area contributed by atoms with Gasteiger partial charge in [0.2, 0.25) is 15.9 Å². The van der Waals surface area contributed by atoms with Crippen LogP contribution in [0.2, 0.25) is 0 Å². The van der Waals surface area contributed by atoms with Gasteiger partial charge in [-0.15, -0.1) is 11.3 Å². The minimum absolute atomic E-state index is 0.0474. The van der Waals surface area contributed by atoms with E-state index in [1.807, 2.05) is 18.2 Å². The SMILES string of the molecule is O=C(CN1CCC(NS(=O)(=O)c2cccs2)CC1)NC1(c2ccccc2)CCC1. The molecule has 6 nitrogen and oxygen atoms in total. The van der Waals surface area contributed by atoms with E-state index >= 15 is 0 Å². The molecule has 1 aliphatic carbocycles. The van der Waals surface area contributed by atoms with Gasteiger partial charge in [0.05, 0.1) is 12.1 Å². The van der Waals surface area contributed by atoms with Crippen molar-refractivity contribution >= 4 is 27.3 Å². The van der Waals surface area contributed by atoms with Crippen LogP contribution in [0.15, 0.2) is 52.1 Å². The van der Waals surface area contributed by atoms with E-state index in [0.29, 0.717) is 36.7 Å². The van der Waals surface area contributed by atoms with Gasteiger partial charge in [0.15, 0.2) is 0 Å². The third-order valence-electron chi connectivity index (χ3n) is 5.95. The molecule has 2 fully saturated rings. The lowest BCUT2D eigenvalue weighted by molar-refractivity contribution is -0.125. The molecule has 8 heteroatoms. The quantitative estimate of drug-likeness (QED) is 0.704. The number of hydrogen-bond donors (Lipinski definition) is 2. The highest BCUT2D eigenvalue weighted by Crippen LogP contribution is 2.41. The Kier molecular flexibility index (Phi) is 6.06. The predicted molar refractivity (Wildman–Crippen MR) is 114 cm³/mol. The van der Waals surface area contributed by atoms with E-state index in [9.17, 15) is 13.2 Å². The molecule has 156 valence electrons. The third kappa shape index (κ3) is 4.71. The Hall–Kier alpha value is -1.74. The molecule has 2 aliphatic rings. The van der Waals surface area contributed by atoms with Gasteiger partial charge in [0.1, 0.15) is 4.21 Å². The molecule has 0 radical (unpaired) electrons. The highest BCUT2D eigenvalue weighted by atomic mass is 32.2. The second kappa shape index (κ2) is 8.55. The maximum Gasteiger partial charge on any atom is 0.250 e. The molecule has 2 heterocycles. The smallest absolute Gasteiger partial charge is 0.250 e. The number of thiophene rings is 1. The molecule has 0 unspecified atom stereocenters. The minimum Gasteiger partial charge on any atom is -0.345 e. The fraction of sp³-hybridized carbons (Fsp3) is 0.476. The van der Waals surface area contributed by atoms with Crippen molar-refractivity contribution in [1.82, 2.24) is 14.9 Å². The van der Waals surface area contributed by atoms with Gasteiger partial charge < -0.3 is 5.32 Å². The van der Waals surface area contributed by atoms with Crippen molar-refractivity contribution in [2.24, 2.45) is 0 Å². The van der Waals surface area contributed by atoms with E-state index in [4.69, 9.17) is 0 Å². The third-order valence-corrected chi connectivity index (χ3v) is 8.87. The summed E-state index contributed by atoms with van der Waals surface area (Å²) in [6.07, 6.45) is 4.51. The van der Waals surface area contributed by atoms with Crippen molar-refractivity contribution in [2.45, 2.75) is 47.9 Å². The maximum absolute atomic E-state index is 12.7. The van der Waals surface area contributed by atoms with E-state index in [1.54, 1.807) is 17.5 Å². The van der Waals surface area contributed by atoms with Crippen molar-refractivity contribution in [3.8, 4) is 0 Å². The number of carbonyl (C=O) groups excluding carboxylic acids is 1.